The maximum atomic E-state index is 12.2. The van der Waals surface area contributed by atoms with Gasteiger partial charge in [0.1, 0.15) is 5.60 Å². The van der Waals surface area contributed by atoms with Gasteiger partial charge in [-0.1, -0.05) is 30.2 Å². The molecule has 1 aromatic rings. The van der Waals surface area contributed by atoms with E-state index in [0.29, 0.717) is 5.41 Å². The van der Waals surface area contributed by atoms with Gasteiger partial charge in [0, 0.05) is 13.1 Å². The summed E-state index contributed by atoms with van der Waals surface area (Å²) in [4.78, 5) is 14.1. The van der Waals surface area contributed by atoms with Crippen LogP contribution in [-0.2, 0) is 16.6 Å². The Bertz CT molecular complexity index is 712. The van der Waals surface area contributed by atoms with Crippen LogP contribution >= 0.6 is 0 Å². The fourth-order valence-corrected chi connectivity index (χ4v) is 5.43. The van der Waals surface area contributed by atoms with Crippen molar-refractivity contribution in [3.63, 3.8) is 0 Å². The lowest BCUT2D eigenvalue weighted by Crippen LogP contribution is -2.41. The Morgan fingerprint density at radius 3 is 2.67 bits per heavy atom. The van der Waals surface area contributed by atoms with Crippen LogP contribution in [0.15, 0.2) is 18.2 Å². The van der Waals surface area contributed by atoms with E-state index in [1.165, 1.54) is 37.7 Å². The lowest BCUT2D eigenvalue weighted by molar-refractivity contribution is 0.0180. The molecule has 0 radical (unpaired) electrons. The van der Waals surface area contributed by atoms with Crippen molar-refractivity contribution in [3.05, 3.63) is 34.9 Å². The summed E-state index contributed by atoms with van der Waals surface area (Å²) in [5.74, 6) is 1.67. The number of hydrogen-bond acceptors (Lipinski definition) is 2. The molecule has 1 heterocycles. The first-order valence-electron chi connectivity index (χ1n) is 10.8. The van der Waals surface area contributed by atoms with Crippen molar-refractivity contribution in [1.29, 1.82) is 0 Å². The van der Waals surface area contributed by atoms with Gasteiger partial charge in [0.2, 0.25) is 0 Å². The summed E-state index contributed by atoms with van der Waals surface area (Å²) < 4.78 is 5.51. The number of carbonyl (C=O) groups is 1. The van der Waals surface area contributed by atoms with E-state index in [0.717, 1.165) is 37.8 Å². The number of likely N-dealkylation sites (tertiary alicyclic amines) is 1. The molecule has 1 amide bonds. The molecule has 1 saturated carbocycles. The highest BCUT2D eigenvalue weighted by Gasteiger charge is 2.57. The molecule has 4 rings (SSSR count). The second-order valence-electron chi connectivity index (χ2n) is 10.2. The molecule has 1 spiro atoms. The van der Waals surface area contributed by atoms with Gasteiger partial charge in [-0.3, -0.25) is 0 Å². The third-order valence-electron chi connectivity index (χ3n) is 7.06. The number of rotatable bonds is 3. The number of hydrogen-bond donors (Lipinski definition) is 0. The molecule has 0 bridgehead atoms. The highest BCUT2D eigenvalue weighted by molar-refractivity contribution is 5.68. The second-order valence-corrected chi connectivity index (χ2v) is 10.2. The van der Waals surface area contributed by atoms with Crippen LogP contribution in [0.2, 0.25) is 0 Å². The molecule has 148 valence electrons. The van der Waals surface area contributed by atoms with Crippen LogP contribution in [0.1, 0.15) is 76.0 Å². The Hall–Kier alpha value is -1.51. The van der Waals surface area contributed by atoms with Gasteiger partial charge in [-0.2, -0.15) is 0 Å². The minimum Gasteiger partial charge on any atom is -0.444 e. The number of benzene rings is 1. The van der Waals surface area contributed by atoms with Gasteiger partial charge in [0.15, 0.2) is 0 Å². The van der Waals surface area contributed by atoms with Crippen molar-refractivity contribution in [1.82, 2.24) is 4.90 Å². The Morgan fingerprint density at radius 2 is 1.96 bits per heavy atom. The largest absolute Gasteiger partial charge is 0.444 e. The molecule has 0 aromatic heterocycles. The highest BCUT2D eigenvalue weighted by Crippen LogP contribution is 2.63. The van der Waals surface area contributed by atoms with E-state index in [1.807, 2.05) is 25.7 Å². The number of aryl methyl sites for hydroxylation is 2. The number of amides is 1. The van der Waals surface area contributed by atoms with Crippen molar-refractivity contribution >= 4 is 6.09 Å². The molecular formula is C24H35NO2. The average molecular weight is 370 g/mol. The zero-order valence-electron chi connectivity index (χ0n) is 17.5. The number of carbonyl (C=O) groups excluding carboxylic acids is 1. The fraction of sp³-hybridized carbons (Fsp3) is 0.708. The molecule has 3 nitrogen and oxygen atoms in total. The number of fused-ring (bicyclic) bond motifs is 2. The molecule has 1 aromatic carbocycles. The highest BCUT2D eigenvalue weighted by atomic mass is 16.6. The van der Waals surface area contributed by atoms with E-state index in [9.17, 15) is 4.79 Å². The summed E-state index contributed by atoms with van der Waals surface area (Å²) in [6.45, 7) is 9.75. The van der Waals surface area contributed by atoms with Crippen molar-refractivity contribution < 1.29 is 9.53 Å². The predicted octanol–water partition coefficient (Wildman–Crippen LogP) is 5.63. The molecule has 3 heteroatoms. The zero-order valence-corrected chi connectivity index (χ0v) is 17.5. The summed E-state index contributed by atoms with van der Waals surface area (Å²) in [6, 6.07) is 7.09. The van der Waals surface area contributed by atoms with Crippen LogP contribution in [0.25, 0.3) is 0 Å². The van der Waals surface area contributed by atoms with Gasteiger partial charge in [0.05, 0.1) is 0 Å². The van der Waals surface area contributed by atoms with Crippen molar-refractivity contribution in [2.75, 3.05) is 13.1 Å². The van der Waals surface area contributed by atoms with Crippen LogP contribution in [0.3, 0.4) is 0 Å². The monoisotopic (exact) mass is 369 g/mol. The summed E-state index contributed by atoms with van der Waals surface area (Å²) >= 11 is 0. The summed E-state index contributed by atoms with van der Waals surface area (Å²) in [7, 11) is 0. The number of piperidine rings is 1. The van der Waals surface area contributed by atoms with E-state index >= 15 is 0 Å². The van der Waals surface area contributed by atoms with Crippen LogP contribution < -0.4 is 0 Å². The Labute approximate surface area is 164 Å². The number of ether oxygens (including phenoxy) is 1. The molecule has 1 saturated heterocycles. The summed E-state index contributed by atoms with van der Waals surface area (Å²) in [6.07, 6.45) is 8.87. The molecule has 2 fully saturated rings. The predicted molar refractivity (Wildman–Crippen MR) is 109 cm³/mol. The molecular weight excluding hydrogens is 334 g/mol. The molecule has 0 N–H and O–H groups in total. The first-order valence-corrected chi connectivity index (χ1v) is 10.8. The lowest BCUT2D eigenvalue weighted by Gasteiger charge is -2.33. The SMILES string of the molecule is Cc1ccc2c(c1)C1(CC2)CC1CCC1CCN(C(=O)OC(C)(C)C)CC1. The van der Waals surface area contributed by atoms with Gasteiger partial charge in [-0.25, -0.2) is 4.79 Å². The zero-order chi connectivity index (χ0) is 19.2. The summed E-state index contributed by atoms with van der Waals surface area (Å²) in [5.41, 5.74) is 4.82. The van der Waals surface area contributed by atoms with E-state index in [1.54, 1.807) is 11.1 Å². The maximum Gasteiger partial charge on any atom is 0.410 e. The van der Waals surface area contributed by atoms with E-state index in [-0.39, 0.29) is 6.09 Å². The normalized spacial score (nSPS) is 27.7. The topological polar surface area (TPSA) is 29.5 Å². The first kappa shape index (κ1) is 18.8. The van der Waals surface area contributed by atoms with Crippen LogP contribution in [0, 0.1) is 18.8 Å². The first-order chi connectivity index (χ1) is 12.8. The average Bonchev–Trinajstić information content (AvgIpc) is 3.20. The van der Waals surface area contributed by atoms with Crippen LogP contribution in [-0.4, -0.2) is 29.7 Å². The van der Waals surface area contributed by atoms with Crippen molar-refractivity contribution in [3.8, 4) is 0 Å². The molecule has 3 aliphatic rings. The minimum absolute atomic E-state index is 0.139. The molecule has 27 heavy (non-hydrogen) atoms. The molecule has 1 aliphatic heterocycles. The smallest absolute Gasteiger partial charge is 0.410 e. The summed E-state index contributed by atoms with van der Waals surface area (Å²) in [5, 5.41) is 0. The van der Waals surface area contributed by atoms with E-state index < -0.39 is 5.60 Å². The van der Waals surface area contributed by atoms with Crippen LogP contribution in [0.5, 0.6) is 0 Å². The van der Waals surface area contributed by atoms with E-state index in [4.69, 9.17) is 4.74 Å². The quantitative estimate of drug-likeness (QED) is 0.691. The van der Waals surface area contributed by atoms with Crippen LogP contribution in [0.4, 0.5) is 4.79 Å². The fourth-order valence-electron chi connectivity index (χ4n) is 5.43. The minimum atomic E-state index is -0.399. The number of nitrogens with zero attached hydrogens (tertiary/aromatic N) is 1. The standard InChI is InChI=1S/C24H35NO2/c1-17-5-7-19-9-12-24(21(19)15-17)16-20(24)8-6-18-10-13-25(14-11-18)22(26)27-23(2,3)4/h5,7,15,18,20H,6,8-14,16H2,1-4H3. The molecule has 2 aliphatic carbocycles. The molecule has 2 atom stereocenters. The van der Waals surface area contributed by atoms with Gasteiger partial charge < -0.3 is 9.64 Å². The maximum absolute atomic E-state index is 12.2. The Morgan fingerprint density at radius 1 is 1.22 bits per heavy atom. The van der Waals surface area contributed by atoms with Gasteiger partial charge >= 0.3 is 6.09 Å². The molecule has 2 unspecified atom stereocenters. The Balaban J connectivity index is 1.25. The van der Waals surface area contributed by atoms with Gasteiger partial charge in [-0.15, -0.1) is 0 Å². The second kappa shape index (κ2) is 6.83. The van der Waals surface area contributed by atoms with Gasteiger partial charge in [-0.05, 0) is 94.6 Å². The third kappa shape index (κ3) is 3.88. The van der Waals surface area contributed by atoms with Crippen molar-refractivity contribution in [2.24, 2.45) is 11.8 Å². The van der Waals surface area contributed by atoms with Crippen molar-refractivity contribution in [2.45, 2.75) is 83.7 Å². The lowest BCUT2D eigenvalue weighted by atomic mass is 9.88. The van der Waals surface area contributed by atoms with E-state index in [2.05, 4.69) is 25.1 Å². The van der Waals surface area contributed by atoms with Gasteiger partial charge in [0.25, 0.3) is 0 Å². The third-order valence-corrected chi connectivity index (χ3v) is 7.06. The Kier molecular flexibility index (Phi) is 4.76.